The summed E-state index contributed by atoms with van der Waals surface area (Å²) in [5.74, 6) is -1.02. The molecule has 2 amide bonds. The number of thiazole rings is 1. The summed E-state index contributed by atoms with van der Waals surface area (Å²) in [7, 11) is 1.52. The molecule has 3 aromatic heterocycles. The SMILES string of the molecule is COc1cnc2c(-c3nc4cc(F)c(O[C@@H](C)[C@@H](C)N(C(=O)O)c5ccc(C(N)=O)nc5)cc4s3)cc(C)cc2n1. The fourth-order valence-corrected chi connectivity index (χ4v) is 5.34. The van der Waals surface area contributed by atoms with Gasteiger partial charge >= 0.3 is 6.09 Å². The fourth-order valence-electron chi connectivity index (χ4n) is 4.35. The first-order chi connectivity index (χ1) is 19.5. The van der Waals surface area contributed by atoms with Gasteiger partial charge in [0.1, 0.15) is 16.8 Å². The number of aromatic nitrogens is 4. The van der Waals surface area contributed by atoms with E-state index in [1.165, 1.54) is 49.0 Å². The molecule has 2 atom stereocenters. The number of carboxylic acid groups (broad SMARTS) is 1. The van der Waals surface area contributed by atoms with Crippen LogP contribution in [0.25, 0.3) is 31.8 Å². The van der Waals surface area contributed by atoms with E-state index in [-0.39, 0.29) is 17.1 Å². The molecular weight excluding hydrogens is 551 g/mol. The summed E-state index contributed by atoms with van der Waals surface area (Å²) in [6.45, 7) is 5.20. The van der Waals surface area contributed by atoms with Crippen LogP contribution in [0, 0.1) is 12.7 Å². The van der Waals surface area contributed by atoms with Gasteiger partial charge in [0.2, 0.25) is 5.88 Å². The van der Waals surface area contributed by atoms with Crippen LogP contribution >= 0.6 is 11.3 Å². The first-order valence-corrected chi connectivity index (χ1v) is 13.2. The van der Waals surface area contributed by atoms with Gasteiger partial charge in [-0.2, -0.15) is 0 Å². The highest BCUT2D eigenvalue weighted by Gasteiger charge is 2.29. The van der Waals surface area contributed by atoms with Crippen LogP contribution in [-0.4, -0.2) is 56.3 Å². The van der Waals surface area contributed by atoms with Crippen LogP contribution in [0.15, 0.2) is 48.8 Å². The van der Waals surface area contributed by atoms with E-state index in [2.05, 4.69) is 19.9 Å². The zero-order valence-corrected chi connectivity index (χ0v) is 23.3. The van der Waals surface area contributed by atoms with E-state index in [0.717, 1.165) is 16.0 Å². The van der Waals surface area contributed by atoms with Crippen molar-refractivity contribution in [3.8, 4) is 22.2 Å². The first-order valence-electron chi connectivity index (χ1n) is 12.4. The largest absolute Gasteiger partial charge is 0.485 e. The monoisotopic (exact) mass is 576 g/mol. The Labute approximate surface area is 237 Å². The molecule has 3 N–H and O–H groups in total. The van der Waals surface area contributed by atoms with Crippen LogP contribution in [0.3, 0.4) is 0 Å². The van der Waals surface area contributed by atoms with Gasteiger partial charge in [0, 0.05) is 17.7 Å². The molecule has 0 aliphatic carbocycles. The molecule has 0 fully saturated rings. The number of carbonyl (C=O) groups excluding carboxylic acids is 1. The number of halogens is 1. The third-order valence-electron chi connectivity index (χ3n) is 6.53. The van der Waals surface area contributed by atoms with E-state index >= 15 is 4.39 Å². The average molecular weight is 577 g/mol. The minimum Gasteiger partial charge on any atom is -0.485 e. The molecule has 0 radical (unpaired) electrons. The molecule has 5 aromatic rings. The van der Waals surface area contributed by atoms with Crippen molar-refractivity contribution in [3.63, 3.8) is 0 Å². The lowest BCUT2D eigenvalue weighted by Gasteiger charge is -2.31. The normalized spacial score (nSPS) is 12.7. The molecule has 5 rings (SSSR count). The number of anilines is 1. The quantitative estimate of drug-likeness (QED) is 0.254. The topological polar surface area (TPSA) is 154 Å². The summed E-state index contributed by atoms with van der Waals surface area (Å²) in [5, 5.41) is 10.5. The summed E-state index contributed by atoms with van der Waals surface area (Å²) < 4.78 is 27.0. The first kappa shape index (κ1) is 27.6. The van der Waals surface area contributed by atoms with Crippen molar-refractivity contribution in [1.82, 2.24) is 19.9 Å². The Bertz CT molecular complexity index is 1800. The number of hydrogen-bond donors (Lipinski definition) is 2. The Balaban J connectivity index is 1.44. The van der Waals surface area contributed by atoms with Crippen molar-refractivity contribution in [3.05, 3.63) is 65.9 Å². The molecule has 2 aromatic carbocycles. The maximum Gasteiger partial charge on any atom is 0.412 e. The molecular formula is C28H25FN6O5S. The summed E-state index contributed by atoms with van der Waals surface area (Å²) >= 11 is 1.35. The lowest BCUT2D eigenvalue weighted by atomic mass is 10.1. The van der Waals surface area contributed by atoms with Crippen LogP contribution in [0.1, 0.15) is 29.9 Å². The number of aryl methyl sites for hydroxylation is 1. The molecule has 0 spiro atoms. The van der Waals surface area contributed by atoms with E-state index in [0.29, 0.717) is 32.1 Å². The highest BCUT2D eigenvalue weighted by atomic mass is 32.1. The van der Waals surface area contributed by atoms with Crippen molar-refractivity contribution >= 4 is 50.3 Å². The molecule has 210 valence electrons. The molecule has 13 heteroatoms. The van der Waals surface area contributed by atoms with Crippen molar-refractivity contribution < 1.29 is 28.6 Å². The minimum atomic E-state index is -1.27. The van der Waals surface area contributed by atoms with Crippen molar-refractivity contribution in [2.75, 3.05) is 12.0 Å². The number of amides is 2. The molecule has 41 heavy (non-hydrogen) atoms. The number of ether oxygens (including phenoxy) is 2. The number of rotatable bonds is 8. The second-order valence-electron chi connectivity index (χ2n) is 9.34. The van der Waals surface area contributed by atoms with Gasteiger partial charge < -0.3 is 20.3 Å². The summed E-state index contributed by atoms with van der Waals surface area (Å²) in [6.07, 6.45) is 0.729. The summed E-state index contributed by atoms with van der Waals surface area (Å²) in [5.41, 5.74) is 8.88. The Kier molecular flexibility index (Phi) is 7.37. The predicted molar refractivity (Wildman–Crippen MR) is 152 cm³/mol. The number of nitrogens with zero attached hydrogens (tertiary/aromatic N) is 5. The van der Waals surface area contributed by atoms with Crippen LogP contribution in [0.2, 0.25) is 0 Å². The average Bonchev–Trinajstić information content (AvgIpc) is 3.34. The Morgan fingerprint density at radius 1 is 1.07 bits per heavy atom. The number of hydrogen-bond acceptors (Lipinski definition) is 9. The van der Waals surface area contributed by atoms with Crippen molar-refractivity contribution in [1.29, 1.82) is 0 Å². The second kappa shape index (κ2) is 10.9. The van der Waals surface area contributed by atoms with Crippen LogP contribution < -0.4 is 20.1 Å². The molecule has 3 heterocycles. The molecule has 0 bridgehead atoms. The van der Waals surface area contributed by atoms with E-state index in [1.54, 1.807) is 19.9 Å². The van der Waals surface area contributed by atoms with Gasteiger partial charge in [-0.05, 0) is 50.6 Å². The standard InChI is InChI=1S/C28H25FN6O5S/c1-13-7-17(25-21(8-13)33-24(39-4)12-32-25)27-34-20-9-18(29)22(10-23(20)41-27)40-15(3)14(2)35(28(37)38)16-5-6-19(26(30)36)31-11-16/h5-12,14-15H,1-4H3,(H2,30,36)(H,37,38)/t14-,15+/m1/s1. The Morgan fingerprint density at radius 3 is 2.51 bits per heavy atom. The molecule has 0 saturated carbocycles. The number of benzene rings is 2. The van der Waals surface area contributed by atoms with Crippen LogP contribution in [0.5, 0.6) is 11.6 Å². The molecule has 0 aliphatic rings. The highest BCUT2D eigenvalue weighted by Crippen LogP contribution is 2.37. The van der Waals surface area contributed by atoms with Crippen molar-refractivity contribution in [2.24, 2.45) is 5.73 Å². The minimum absolute atomic E-state index is 0.000715. The zero-order chi connectivity index (χ0) is 29.4. The number of carbonyl (C=O) groups is 2. The summed E-state index contributed by atoms with van der Waals surface area (Å²) in [4.78, 5) is 42.0. The maximum absolute atomic E-state index is 15.2. The molecule has 0 unspecified atom stereocenters. The third kappa shape index (κ3) is 5.43. The van der Waals surface area contributed by atoms with Crippen LogP contribution in [0.4, 0.5) is 14.9 Å². The van der Waals surface area contributed by atoms with Gasteiger partial charge in [-0.25, -0.2) is 29.1 Å². The third-order valence-corrected chi connectivity index (χ3v) is 7.59. The Morgan fingerprint density at radius 2 is 1.85 bits per heavy atom. The number of pyridine rings is 1. The second-order valence-corrected chi connectivity index (χ2v) is 10.4. The van der Waals surface area contributed by atoms with Gasteiger partial charge in [0.05, 0.1) is 52.5 Å². The number of fused-ring (bicyclic) bond motifs is 2. The van der Waals surface area contributed by atoms with E-state index in [4.69, 9.17) is 15.2 Å². The van der Waals surface area contributed by atoms with Gasteiger partial charge in [-0.1, -0.05) is 0 Å². The number of primary amides is 1. The Hall–Kier alpha value is -4.91. The van der Waals surface area contributed by atoms with E-state index < -0.39 is 30.0 Å². The smallest absolute Gasteiger partial charge is 0.412 e. The molecule has 0 aliphatic heterocycles. The number of methoxy groups -OCH3 is 1. The van der Waals surface area contributed by atoms with Gasteiger partial charge in [0.25, 0.3) is 5.91 Å². The highest BCUT2D eigenvalue weighted by molar-refractivity contribution is 7.21. The van der Waals surface area contributed by atoms with Crippen molar-refractivity contribution in [2.45, 2.75) is 32.9 Å². The maximum atomic E-state index is 15.2. The zero-order valence-electron chi connectivity index (χ0n) is 22.5. The van der Waals surface area contributed by atoms with Gasteiger partial charge in [0.15, 0.2) is 11.6 Å². The number of nitrogens with two attached hydrogens (primary N) is 1. The van der Waals surface area contributed by atoms with Crippen LogP contribution in [-0.2, 0) is 0 Å². The fraction of sp³-hybridized carbons (Fsp3) is 0.214. The van der Waals surface area contributed by atoms with E-state index in [9.17, 15) is 14.7 Å². The van der Waals surface area contributed by atoms with Gasteiger partial charge in [-0.15, -0.1) is 11.3 Å². The lowest BCUT2D eigenvalue weighted by molar-refractivity contribution is 0.0995. The van der Waals surface area contributed by atoms with E-state index in [1.807, 2.05) is 19.1 Å². The summed E-state index contributed by atoms with van der Waals surface area (Å²) in [6, 6.07) is 8.69. The molecule has 0 saturated heterocycles. The molecule has 11 nitrogen and oxygen atoms in total. The van der Waals surface area contributed by atoms with Gasteiger partial charge in [-0.3, -0.25) is 9.69 Å². The lowest BCUT2D eigenvalue weighted by Crippen LogP contribution is -2.46. The predicted octanol–water partition coefficient (Wildman–Crippen LogP) is 5.20.